The van der Waals surface area contributed by atoms with Crippen molar-refractivity contribution in [3.63, 3.8) is 0 Å². The van der Waals surface area contributed by atoms with Gasteiger partial charge in [0.25, 0.3) is 0 Å². The summed E-state index contributed by atoms with van der Waals surface area (Å²) in [5, 5.41) is 0.731. The molecule has 4 heteroatoms. The van der Waals surface area contributed by atoms with E-state index in [0.29, 0.717) is 5.88 Å². The average Bonchev–Trinajstić information content (AvgIpc) is 2.78. The molecular formula is C16H20Cl2N2. The van der Waals surface area contributed by atoms with Crippen molar-refractivity contribution in [3.05, 3.63) is 29.0 Å². The maximum Gasteiger partial charge on any atom is 0.124 e. The van der Waals surface area contributed by atoms with E-state index in [4.69, 9.17) is 23.2 Å². The zero-order chi connectivity index (χ0) is 14.1. The van der Waals surface area contributed by atoms with Crippen LogP contribution in [-0.4, -0.2) is 9.55 Å². The summed E-state index contributed by atoms with van der Waals surface area (Å²) < 4.78 is 2.30. The summed E-state index contributed by atoms with van der Waals surface area (Å²) >= 11 is 12.1. The summed E-state index contributed by atoms with van der Waals surface area (Å²) in [6.45, 7) is 3.40. The summed E-state index contributed by atoms with van der Waals surface area (Å²) in [5.41, 5.74) is 2.11. The Hall–Kier alpha value is -0.730. The molecule has 1 aliphatic rings. The van der Waals surface area contributed by atoms with E-state index in [1.54, 1.807) is 0 Å². The highest BCUT2D eigenvalue weighted by Crippen LogP contribution is 2.32. The van der Waals surface area contributed by atoms with Gasteiger partial charge in [0.15, 0.2) is 0 Å². The molecule has 0 saturated heterocycles. The van der Waals surface area contributed by atoms with Crippen molar-refractivity contribution in [2.45, 2.75) is 45.0 Å². The van der Waals surface area contributed by atoms with Crippen molar-refractivity contribution in [1.29, 1.82) is 0 Å². The molecule has 0 aliphatic heterocycles. The van der Waals surface area contributed by atoms with Gasteiger partial charge in [-0.1, -0.05) is 37.8 Å². The Kier molecular flexibility index (Phi) is 4.23. The van der Waals surface area contributed by atoms with Crippen LogP contribution in [0.1, 0.15) is 38.4 Å². The van der Waals surface area contributed by atoms with Crippen molar-refractivity contribution < 1.29 is 0 Å². The molecule has 1 aromatic heterocycles. The zero-order valence-electron chi connectivity index (χ0n) is 11.8. The zero-order valence-corrected chi connectivity index (χ0v) is 13.3. The smallest absolute Gasteiger partial charge is 0.124 e. The summed E-state index contributed by atoms with van der Waals surface area (Å²) in [6, 6.07) is 5.92. The maximum absolute atomic E-state index is 6.08. The van der Waals surface area contributed by atoms with Gasteiger partial charge in [-0.25, -0.2) is 4.98 Å². The second kappa shape index (κ2) is 5.95. The molecule has 108 valence electrons. The van der Waals surface area contributed by atoms with Crippen molar-refractivity contribution in [2.24, 2.45) is 11.8 Å². The molecule has 0 radical (unpaired) electrons. The Morgan fingerprint density at radius 1 is 1.30 bits per heavy atom. The number of halogens is 2. The van der Waals surface area contributed by atoms with Crippen molar-refractivity contribution in [3.8, 4) is 0 Å². The lowest BCUT2D eigenvalue weighted by molar-refractivity contribution is 0.229. The Labute approximate surface area is 130 Å². The van der Waals surface area contributed by atoms with Gasteiger partial charge < -0.3 is 4.57 Å². The molecule has 0 spiro atoms. The minimum atomic E-state index is 0.452. The summed E-state index contributed by atoms with van der Waals surface area (Å²) in [4.78, 5) is 4.63. The van der Waals surface area contributed by atoms with Crippen molar-refractivity contribution in [2.75, 3.05) is 0 Å². The second-order valence-corrected chi connectivity index (χ2v) is 6.63. The molecule has 20 heavy (non-hydrogen) atoms. The SMILES string of the molecule is CC1CCCCC1Cn1c(CCl)nc2cc(Cl)ccc21. The van der Waals surface area contributed by atoms with Crippen LogP contribution in [0.2, 0.25) is 5.02 Å². The van der Waals surface area contributed by atoms with E-state index in [1.807, 2.05) is 12.1 Å². The highest BCUT2D eigenvalue weighted by atomic mass is 35.5. The van der Waals surface area contributed by atoms with Crippen LogP contribution in [0.4, 0.5) is 0 Å². The maximum atomic E-state index is 6.08. The number of alkyl halides is 1. The van der Waals surface area contributed by atoms with Gasteiger partial charge in [0.1, 0.15) is 5.82 Å². The molecule has 1 aliphatic carbocycles. The van der Waals surface area contributed by atoms with Gasteiger partial charge >= 0.3 is 0 Å². The number of rotatable bonds is 3. The molecule has 1 heterocycles. The molecule has 2 nitrogen and oxygen atoms in total. The first-order valence-electron chi connectivity index (χ1n) is 7.39. The van der Waals surface area contributed by atoms with Crippen LogP contribution in [-0.2, 0) is 12.4 Å². The third-order valence-corrected chi connectivity index (χ3v) is 5.09. The predicted octanol–water partition coefficient (Wildman–Crippen LogP) is 5.25. The number of hydrogen-bond acceptors (Lipinski definition) is 1. The molecule has 1 fully saturated rings. The number of hydrogen-bond donors (Lipinski definition) is 0. The quantitative estimate of drug-likeness (QED) is 0.707. The lowest BCUT2D eigenvalue weighted by Gasteiger charge is -2.29. The second-order valence-electron chi connectivity index (χ2n) is 5.93. The minimum absolute atomic E-state index is 0.452. The molecule has 2 unspecified atom stereocenters. The number of nitrogens with zero attached hydrogens (tertiary/aromatic N) is 2. The van der Waals surface area contributed by atoms with E-state index in [9.17, 15) is 0 Å². The monoisotopic (exact) mass is 310 g/mol. The molecular weight excluding hydrogens is 291 g/mol. The third kappa shape index (κ3) is 2.68. The predicted molar refractivity (Wildman–Crippen MR) is 85.4 cm³/mol. The molecule has 3 rings (SSSR count). The van der Waals surface area contributed by atoms with Crippen LogP contribution in [0.5, 0.6) is 0 Å². The number of benzene rings is 1. The lowest BCUT2D eigenvalue weighted by Crippen LogP contribution is -2.22. The fourth-order valence-corrected chi connectivity index (χ4v) is 3.73. The highest BCUT2D eigenvalue weighted by molar-refractivity contribution is 6.31. The van der Waals surface area contributed by atoms with Crippen LogP contribution in [0.3, 0.4) is 0 Å². The molecule has 1 aromatic carbocycles. The number of fused-ring (bicyclic) bond motifs is 1. The van der Waals surface area contributed by atoms with Gasteiger partial charge in [0.05, 0.1) is 16.9 Å². The Morgan fingerprint density at radius 2 is 2.10 bits per heavy atom. The first kappa shape index (κ1) is 14.2. The van der Waals surface area contributed by atoms with Crippen molar-refractivity contribution in [1.82, 2.24) is 9.55 Å². The molecule has 0 amide bonds. The van der Waals surface area contributed by atoms with E-state index in [0.717, 1.165) is 40.3 Å². The third-order valence-electron chi connectivity index (χ3n) is 4.62. The summed E-state index contributed by atoms with van der Waals surface area (Å²) in [7, 11) is 0. The first-order valence-corrected chi connectivity index (χ1v) is 8.31. The van der Waals surface area contributed by atoms with Gasteiger partial charge in [0.2, 0.25) is 0 Å². The van der Waals surface area contributed by atoms with Gasteiger partial charge in [-0.15, -0.1) is 11.6 Å². The van der Waals surface area contributed by atoms with Crippen LogP contribution in [0.15, 0.2) is 18.2 Å². The summed E-state index contributed by atoms with van der Waals surface area (Å²) in [6.07, 6.45) is 5.39. The Balaban J connectivity index is 1.96. The summed E-state index contributed by atoms with van der Waals surface area (Å²) in [5.74, 6) is 2.94. The molecule has 2 aromatic rings. The number of imidazole rings is 1. The molecule has 0 N–H and O–H groups in total. The minimum Gasteiger partial charge on any atom is -0.327 e. The van der Waals surface area contributed by atoms with Gasteiger partial charge in [-0.2, -0.15) is 0 Å². The van der Waals surface area contributed by atoms with Crippen LogP contribution >= 0.6 is 23.2 Å². The fraction of sp³-hybridized carbons (Fsp3) is 0.562. The number of aromatic nitrogens is 2. The van der Waals surface area contributed by atoms with E-state index in [1.165, 1.54) is 25.7 Å². The Morgan fingerprint density at radius 3 is 2.85 bits per heavy atom. The van der Waals surface area contributed by atoms with Crippen LogP contribution < -0.4 is 0 Å². The Bertz CT molecular complexity index is 606. The van der Waals surface area contributed by atoms with Crippen LogP contribution in [0.25, 0.3) is 11.0 Å². The standard InChI is InChI=1S/C16H20Cl2N2/c1-11-4-2-3-5-12(11)10-20-15-7-6-13(18)8-14(15)19-16(20)9-17/h6-8,11-12H,2-5,9-10H2,1H3. The molecule has 2 atom stereocenters. The molecule has 0 bridgehead atoms. The van der Waals surface area contributed by atoms with E-state index >= 15 is 0 Å². The fourth-order valence-electron chi connectivity index (χ4n) is 3.36. The van der Waals surface area contributed by atoms with E-state index < -0.39 is 0 Å². The van der Waals surface area contributed by atoms with Gasteiger partial charge in [-0.3, -0.25) is 0 Å². The van der Waals surface area contributed by atoms with E-state index in [2.05, 4.69) is 22.5 Å². The lowest BCUT2D eigenvalue weighted by atomic mass is 9.80. The van der Waals surface area contributed by atoms with Gasteiger partial charge in [0, 0.05) is 11.6 Å². The largest absolute Gasteiger partial charge is 0.327 e. The first-order chi connectivity index (χ1) is 9.69. The average molecular weight is 311 g/mol. The molecule has 1 saturated carbocycles. The normalized spacial score (nSPS) is 23.4. The highest BCUT2D eigenvalue weighted by Gasteiger charge is 2.23. The van der Waals surface area contributed by atoms with Crippen molar-refractivity contribution >= 4 is 34.2 Å². The van der Waals surface area contributed by atoms with Crippen LogP contribution in [0, 0.1) is 11.8 Å². The van der Waals surface area contributed by atoms with E-state index in [-0.39, 0.29) is 0 Å². The topological polar surface area (TPSA) is 17.8 Å². The van der Waals surface area contributed by atoms with Gasteiger partial charge in [-0.05, 0) is 36.5 Å².